The molecule has 1 aromatic heterocycles. The van der Waals surface area contributed by atoms with Crippen LogP contribution in [0, 0.1) is 0 Å². The standard InChI is InChI=1S/C23H29N5O2/c1-19(29)20-5-7-21(8-6-20)26-12-10-25(11-13-26)18-23(30)28-16-14-27(15-17-28)22-4-2-3-9-24-22/h2-9H,10-18H2,1H3/p+2. The van der Waals surface area contributed by atoms with Gasteiger partial charge in [-0.2, -0.15) is 0 Å². The number of carbonyl (C=O) groups is 2. The second kappa shape index (κ2) is 9.26. The van der Waals surface area contributed by atoms with Gasteiger partial charge in [-0.15, -0.1) is 0 Å². The third-order valence-electron chi connectivity index (χ3n) is 6.18. The number of aromatic nitrogens is 1. The Kier molecular flexibility index (Phi) is 6.28. The molecule has 2 aliphatic rings. The minimum absolute atomic E-state index is 0.0945. The Morgan fingerprint density at radius 1 is 0.900 bits per heavy atom. The molecule has 0 atom stereocenters. The van der Waals surface area contributed by atoms with E-state index < -0.39 is 0 Å². The van der Waals surface area contributed by atoms with Gasteiger partial charge in [0, 0.05) is 17.3 Å². The van der Waals surface area contributed by atoms with E-state index >= 15 is 0 Å². The predicted octanol–water partition coefficient (Wildman–Crippen LogP) is -0.243. The lowest BCUT2D eigenvalue weighted by atomic mass is 10.1. The monoisotopic (exact) mass is 409 g/mol. The van der Waals surface area contributed by atoms with Gasteiger partial charge in [-0.3, -0.25) is 14.5 Å². The van der Waals surface area contributed by atoms with Crippen LogP contribution in [0.25, 0.3) is 0 Å². The van der Waals surface area contributed by atoms with E-state index in [-0.39, 0.29) is 11.7 Å². The Bertz CT molecular complexity index is 855. The highest BCUT2D eigenvalue weighted by molar-refractivity contribution is 5.94. The number of rotatable bonds is 5. The number of H-pyrrole nitrogens is 1. The summed E-state index contributed by atoms with van der Waals surface area (Å²) in [4.78, 5) is 35.5. The Labute approximate surface area is 177 Å². The summed E-state index contributed by atoms with van der Waals surface area (Å²) in [7, 11) is 0. The van der Waals surface area contributed by atoms with Crippen LogP contribution in [0.4, 0.5) is 11.5 Å². The van der Waals surface area contributed by atoms with Gasteiger partial charge < -0.3 is 14.7 Å². The van der Waals surface area contributed by atoms with Crippen molar-refractivity contribution in [2.24, 2.45) is 0 Å². The first-order valence-electron chi connectivity index (χ1n) is 10.8. The van der Waals surface area contributed by atoms with E-state index in [1.54, 1.807) is 6.92 Å². The van der Waals surface area contributed by atoms with Crippen LogP contribution in [0.15, 0.2) is 48.7 Å². The molecule has 0 bridgehead atoms. The van der Waals surface area contributed by atoms with E-state index in [1.165, 1.54) is 4.90 Å². The number of nitrogens with zero attached hydrogens (tertiary/aromatic N) is 3. The molecule has 30 heavy (non-hydrogen) atoms. The summed E-state index contributed by atoms with van der Waals surface area (Å²) in [5.41, 5.74) is 1.90. The lowest BCUT2D eigenvalue weighted by Crippen LogP contribution is -3.16. The van der Waals surface area contributed by atoms with Gasteiger partial charge in [-0.25, -0.2) is 4.98 Å². The minimum atomic E-state index is 0.0945. The number of carbonyl (C=O) groups excluding carboxylic acids is 2. The van der Waals surface area contributed by atoms with Gasteiger partial charge in [-0.05, 0) is 37.3 Å². The fourth-order valence-electron chi connectivity index (χ4n) is 4.27. The molecule has 2 aliphatic heterocycles. The minimum Gasteiger partial charge on any atom is -0.360 e. The van der Waals surface area contributed by atoms with Crippen LogP contribution in [0.3, 0.4) is 0 Å². The number of aromatic amines is 1. The highest BCUT2D eigenvalue weighted by Gasteiger charge is 2.29. The zero-order valence-electron chi connectivity index (χ0n) is 17.6. The molecule has 0 aliphatic carbocycles. The Balaban J connectivity index is 1.22. The van der Waals surface area contributed by atoms with Gasteiger partial charge in [0.1, 0.15) is 13.1 Å². The van der Waals surface area contributed by atoms with E-state index in [4.69, 9.17) is 0 Å². The second-order valence-corrected chi connectivity index (χ2v) is 8.13. The van der Waals surface area contributed by atoms with Crippen molar-refractivity contribution >= 4 is 23.2 Å². The number of amides is 1. The average molecular weight is 410 g/mol. The quantitative estimate of drug-likeness (QED) is 0.693. The summed E-state index contributed by atoms with van der Waals surface area (Å²) < 4.78 is 0. The number of ketones is 1. The van der Waals surface area contributed by atoms with Crippen LogP contribution >= 0.6 is 0 Å². The number of benzene rings is 1. The molecule has 7 heteroatoms. The van der Waals surface area contributed by atoms with Crippen molar-refractivity contribution in [2.75, 3.05) is 68.7 Å². The topological polar surface area (TPSA) is 62.4 Å². The first-order chi connectivity index (χ1) is 14.6. The van der Waals surface area contributed by atoms with Crippen molar-refractivity contribution < 1.29 is 19.5 Å². The summed E-state index contributed by atoms with van der Waals surface area (Å²) >= 11 is 0. The molecule has 2 saturated heterocycles. The number of hydrogen-bond acceptors (Lipinski definition) is 4. The number of hydrogen-bond donors (Lipinski definition) is 1. The fourth-order valence-corrected chi connectivity index (χ4v) is 4.27. The van der Waals surface area contributed by atoms with Crippen LogP contribution in [-0.2, 0) is 4.79 Å². The Hall–Kier alpha value is -2.93. The molecule has 2 aromatic rings. The van der Waals surface area contributed by atoms with Gasteiger partial charge >= 0.3 is 0 Å². The van der Waals surface area contributed by atoms with E-state index in [0.717, 1.165) is 69.4 Å². The lowest BCUT2D eigenvalue weighted by Gasteiger charge is -2.35. The molecule has 2 N–H and O–H groups in total. The van der Waals surface area contributed by atoms with Crippen LogP contribution in [-0.4, -0.2) is 75.5 Å². The van der Waals surface area contributed by atoms with Gasteiger partial charge in [0.25, 0.3) is 11.7 Å². The van der Waals surface area contributed by atoms with Gasteiger partial charge in [-0.1, -0.05) is 6.07 Å². The molecular formula is C23H31N5O2+2. The highest BCUT2D eigenvalue weighted by Crippen LogP contribution is 2.15. The van der Waals surface area contributed by atoms with Crippen molar-refractivity contribution in [3.63, 3.8) is 0 Å². The normalized spacial score (nSPS) is 17.8. The molecule has 2 fully saturated rings. The van der Waals surface area contributed by atoms with E-state index in [2.05, 4.69) is 20.9 Å². The maximum atomic E-state index is 12.8. The van der Waals surface area contributed by atoms with Crippen LogP contribution in [0.1, 0.15) is 17.3 Å². The molecule has 1 amide bonds. The first kappa shape index (κ1) is 20.3. The number of Topliss-reactive ketones (excluding diaryl/α,β-unsaturated/α-hetero) is 1. The molecule has 0 spiro atoms. The van der Waals surface area contributed by atoms with Crippen molar-refractivity contribution in [3.05, 3.63) is 54.2 Å². The Morgan fingerprint density at radius 3 is 2.20 bits per heavy atom. The molecule has 7 nitrogen and oxygen atoms in total. The van der Waals surface area contributed by atoms with Gasteiger partial charge in [0.2, 0.25) is 0 Å². The van der Waals surface area contributed by atoms with Gasteiger partial charge in [0.05, 0.1) is 45.5 Å². The average Bonchev–Trinajstić information content (AvgIpc) is 2.80. The Morgan fingerprint density at radius 2 is 1.60 bits per heavy atom. The highest BCUT2D eigenvalue weighted by atomic mass is 16.2. The number of nitrogens with one attached hydrogen (secondary N) is 2. The number of piperazine rings is 2. The SMILES string of the molecule is CC(=O)c1ccc(N2CC[NH+](CC(=O)N3CCN(c4cccc[nH+]4)CC3)CC2)cc1. The smallest absolute Gasteiger partial charge is 0.278 e. The van der Waals surface area contributed by atoms with Crippen LogP contribution in [0.2, 0.25) is 0 Å². The number of anilines is 2. The van der Waals surface area contributed by atoms with Crippen LogP contribution < -0.4 is 19.7 Å². The molecule has 3 heterocycles. The summed E-state index contributed by atoms with van der Waals surface area (Å²) in [5.74, 6) is 1.47. The maximum absolute atomic E-state index is 12.8. The van der Waals surface area contributed by atoms with Gasteiger partial charge in [0.15, 0.2) is 12.3 Å². The van der Waals surface area contributed by atoms with E-state index in [0.29, 0.717) is 6.54 Å². The molecule has 1 aromatic carbocycles. The van der Waals surface area contributed by atoms with E-state index in [9.17, 15) is 9.59 Å². The maximum Gasteiger partial charge on any atom is 0.278 e. The largest absolute Gasteiger partial charge is 0.360 e. The summed E-state index contributed by atoms with van der Waals surface area (Å²) in [6.07, 6.45) is 1.94. The summed E-state index contributed by atoms with van der Waals surface area (Å²) in [5, 5.41) is 0. The third kappa shape index (κ3) is 4.79. The van der Waals surface area contributed by atoms with Crippen molar-refractivity contribution in [3.8, 4) is 0 Å². The van der Waals surface area contributed by atoms with Crippen molar-refractivity contribution in [1.82, 2.24) is 4.90 Å². The molecule has 4 rings (SSSR count). The molecule has 0 radical (unpaired) electrons. The summed E-state index contributed by atoms with van der Waals surface area (Å²) in [6.45, 7) is 9.24. The number of pyridine rings is 1. The molecule has 0 saturated carbocycles. The van der Waals surface area contributed by atoms with Crippen molar-refractivity contribution in [1.29, 1.82) is 0 Å². The first-order valence-corrected chi connectivity index (χ1v) is 10.8. The van der Waals surface area contributed by atoms with Crippen molar-refractivity contribution in [2.45, 2.75) is 6.92 Å². The zero-order chi connectivity index (χ0) is 20.9. The molecule has 158 valence electrons. The molecule has 0 unspecified atom stereocenters. The van der Waals surface area contributed by atoms with Crippen LogP contribution in [0.5, 0.6) is 0 Å². The van der Waals surface area contributed by atoms with E-state index in [1.807, 2.05) is 47.5 Å². The fraction of sp³-hybridized carbons (Fsp3) is 0.435. The number of quaternary nitrogens is 1. The lowest BCUT2D eigenvalue weighted by molar-refractivity contribution is -0.892. The zero-order valence-corrected chi connectivity index (χ0v) is 17.6. The second-order valence-electron chi connectivity index (χ2n) is 8.13. The predicted molar refractivity (Wildman–Crippen MR) is 116 cm³/mol. The summed E-state index contributed by atoms with van der Waals surface area (Å²) in [6, 6.07) is 13.9. The third-order valence-corrected chi connectivity index (χ3v) is 6.18. The molecular weight excluding hydrogens is 378 g/mol.